The van der Waals surface area contributed by atoms with E-state index in [4.69, 9.17) is 11.6 Å². The highest BCUT2D eigenvalue weighted by molar-refractivity contribution is 6.30. The Morgan fingerprint density at radius 3 is 2.75 bits per heavy atom. The van der Waals surface area contributed by atoms with Crippen LogP contribution in [0.4, 0.5) is 0 Å². The minimum atomic E-state index is 0.391. The maximum atomic E-state index is 5.88. The molecule has 0 aromatic heterocycles. The van der Waals surface area contributed by atoms with Gasteiger partial charge in [-0.15, -0.1) is 0 Å². The van der Waals surface area contributed by atoms with Gasteiger partial charge in [-0.25, -0.2) is 0 Å². The fraction of sp³-hybridized carbons (Fsp3) is 0.538. The summed E-state index contributed by atoms with van der Waals surface area (Å²) in [4.78, 5) is 0. The van der Waals surface area contributed by atoms with E-state index in [1.807, 2.05) is 12.1 Å². The normalized spacial score (nSPS) is 23.0. The molecule has 1 aliphatic rings. The zero-order valence-corrected chi connectivity index (χ0v) is 10.4. The van der Waals surface area contributed by atoms with Crippen LogP contribution in [0.25, 0.3) is 0 Å². The average molecular weight is 239 g/mol. The van der Waals surface area contributed by atoms with Crippen LogP contribution in [0, 0.1) is 0 Å². The third kappa shape index (κ3) is 3.21. The first-order valence-electron chi connectivity index (χ1n) is 5.98. The second-order valence-electron chi connectivity index (χ2n) is 4.48. The van der Waals surface area contributed by atoms with E-state index in [-0.39, 0.29) is 0 Å². The van der Waals surface area contributed by atoms with E-state index in [1.54, 1.807) is 0 Å². The highest BCUT2D eigenvalue weighted by Gasteiger charge is 2.15. The summed E-state index contributed by atoms with van der Waals surface area (Å²) in [6.07, 6.45) is 2.54. The van der Waals surface area contributed by atoms with Gasteiger partial charge in [-0.05, 0) is 44.0 Å². The summed E-state index contributed by atoms with van der Waals surface area (Å²) in [5.74, 6) is 0. The fourth-order valence-corrected chi connectivity index (χ4v) is 2.32. The minimum Gasteiger partial charge on any atom is -0.315 e. The molecule has 16 heavy (non-hydrogen) atoms. The molecule has 0 amide bonds. The molecule has 2 N–H and O–H groups in total. The highest BCUT2D eigenvalue weighted by Crippen LogP contribution is 2.17. The highest BCUT2D eigenvalue weighted by atomic mass is 35.5. The molecule has 1 aromatic carbocycles. The fourth-order valence-electron chi connectivity index (χ4n) is 2.20. The van der Waals surface area contributed by atoms with Crippen LogP contribution in [0.1, 0.15) is 31.4 Å². The van der Waals surface area contributed by atoms with Gasteiger partial charge in [0.05, 0.1) is 0 Å². The summed E-state index contributed by atoms with van der Waals surface area (Å²) in [5, 5.41) is 7.87. The summed E-state index contributed by atoms with van der Waals surface area (Å²) in [6.45, 7) is 4.45. The van der Waals surface area contributed by atoms with Gasteiger partial charge in [0.1, 0.15) is 0 Å². The summed E-state index contributed by atoms with van der Waals surface area (Å²) in [6, 6.07) is 9.08. The van der Waals surface area contributed by atoms with Crippen molar-refractivity contribution in [2.24, 2.45) is 0 Å². The maximum absolute atomic E-state index is 5.88. The van der Waals surface area contributed by atoms with E-state index in [9.17, 15) is 0 Å². The number of piperidine rings is 1. The molecule has 2 atom stereocenters. The first-order valence-corrected chi connectivity index (χ1v) is 6.36. The largest absolute Gasteiger partial charge is 0.315 e. The molecular formula is C13H19ClN2. The van der Waals surface area contributed by atoms with Gasteiger partial charge in [0, 0.05) is 23.7 Å². The topological polar surface area (TPSA) is 24.1 Å². The standard InChI is InChI=1S/C13H19ClN2/c1-10(11-4-6-12(14)7-5-11)16-13-3-2-8-15-9-13/h4-7,10,13,15-16H,2-3,8-9H2,1H3/t10-,13?/m0/s1. The molecule has 1 heterocycles. The predicted molar refractivity (Wildman–Crippen MR) is 68.9 cm³/mol. The Kier molecular flexibility index (Phi) is 4.22. The van der Waals surface area contributed by atoms with E-state index in [0.717, 1.165) is 18.1 Å². The summed E-state index contributed by atoms with van der Waals surface area (Å²) in [7, 11) is 0. The second kappa shape index (κ2) is 5.67. The number of rotatable bonds is 3. The smallest absolute Gasteiger partial charge is 0.0406 e. The maximum Gasteiger partial charge on any atom is 0.0406 e. The van der Waals surface area contributed by atoms with Crippen molar-refractivity contribution in [3.05, 3.63) is 34.9 Å². The van der Waals surface area contributed by atoms with Crippen molar-refractivity contribution in [3.8, 4) is 0 Å². The zero-order chi connectivity index (χ0) is 11.4. The number of hydrogen-bond donors (Lipinski definition) is 2. The Morgan fingerprint density at radius 2 is 2.12 bits per heavy atom. The van der Waals surface area contributed by atoms with Gasteiger partial charge >= 0.3 is 0 Å². The van der Waals surface area contributed by atoms with Crippen LogP contribution in [-0.2, 0) is 0 Å². The molecule has 0 aliphatic carbocycles. The van der Waals surface area contributed by atoms with Gasteiger partial charge in [0.25, 0.3) is 0 Å². The molecular weight excluding hydrogens is 220 g/mol. The average Bonchev–Trinajstić information content (AvgIpc) is 2.31. The van der Waals surface area contributed by atoms with Crippen LogP contribution in [0.3, 0.4) is 0 Å². The van der Waals surface area contributed by atoms with Crippen molar-refractivity contribution in [2.45, 2.75) is 31.8 Å². The molecule has 3 heteroatoms. The minimum absolute atomic E-state index is 0.391. The lowest BCUT2D eigenvalue weighted by molar-refractivity contribution is 0.362. The van der Waals surface area contributed by atoms with Gasteiger partial charge in [-0.3, -0.25) is 0 Å². The molecule has 0 spiro atoms. The lowest BCUT2D eigenvalue weighted by atomic mass is 10.0. The molecule has 2 nitrogen and oxygen atoms in total. The lowest BCUT2D eigenvalue weighted by Gasteiger charge is -2.27. The van der Waals surface area contributed by atoms with Gasteiger partial charge < -0.3 is 10.6 Å². The molecule has 0 bridgehead atoms. The molecule has 1 aliphatic heterocycles. The number of halogens is 1. The van der Waals surface area contributed by atoms with Crippen molar-refractivity contribution >= 4 is 11.6 Å². The third-order valence-electron chi connectivity index (χ3n) is 3.15. The zero-order valence-electron chi connectivity index (χ0n) is 9.67. The number of hydrogen-bond acceptors (Lipinski definition) is 2. The van der Waals surface area contributed by atoms with Crippen molar-refractivity contribution in [1.82, 2.24) is 10.6 Å². The SMILES string of the molecule is C[C@H](NC1CCCNC1)c1ccc(Cl)cc1. The van der Waals surface area contributed by atoms with E-state index < -0.39 is 0 Å². The van der Waals surface area contributed by atoms with Crippen molar-refractivity contribution < 1.29 is 0 Å². The first kappa shape index (κ1) is 11.9. The van der Waals surface area contributed by atoms with Gasteiger partial charge in [0.15, 0.2) is 0 Å². The Morgan fingerprint density at radius 1 is 1.38 bits per heavy atom. The molecule has 88 valence electrons. The molecule has 0 saturated carbocycles. The Hall–Kier alpha value is -0.570. The summed E-state index contributed by atoms with van der Waals surface area (Å²) in [5.41, 5.74) is 1.30. The van der Waals surface area contributed by atoms with E-state index in [2.05, 4.69) is 29.7 Å². The van der Waals surface area contributed by atoms with Crippen molar-refractivity contribution in [1.29, 1.82) is 0 Å². The lowest BCUT2D eigenvalue weighted by Crippen LogP contribution is -2.43. The van der Waals surface area contributed by atoms with Gasteiger partial charge in [0.2, 0.25) is 0 Å². The molecule has 0 radical (unpaired) electrons. The number of benzene rings is 1. The molecule has 2 rings (SSSR count). The van der Waals surface area contributed by atoms with Gasteiger partial charge in [-0.2, -0.15) is 0 Å². The quantitative estimate of drug-likeness (QED) is 0.846. The summed E-state index contributed by atoms with van der Waals surface area (Å²) < 4.78 is 0. The predicted octanol–water partition coefficient (Wildman–Crippen LogP) is 2.74. The number of nitrogens with one attached hydrogen (secondary N) is 2. The Balaban J connectivity index is 1.91. The van der Waals surface area contributed by atoms with Crippen LogP contribution >= 0.6 is 11.6 Å². The Bertz CT molecular complexity index is 317. The third-order valence-corrected chi connectivity index (χ3v) is 3.40. The van der Waals surface area contributed by atoms with Crippen LogP contribution < -0.4 is 10.6 Å². The van der Waals surface area contributed by atoms with Crippen molar-refractivity contribution in [2.75, 3.05) is 13.1 Å². The van der Waals surface area contributed by atoms with Crippen LogP contribution in [0.2, 0.25) is 5.02 Å². The van der Waals surface area contributed by atoms with E-state index in [0.29, 0.717) is 12.1 Å². The molecule has 1 fully saturated rings. The monoisotopic (exact) mass is 238 g/mol. The molecule has 1 unspecified atom stereocenters. The van der Waals surface area contributed by atoms with Crippen molar-refractivity contribution in [3.63, 3.8) is 0 Å². The first-order chi connectivity index (χ1) is 7.75. The van der Waals surface area contributed by atoms with Crippen LogP contribution in [0.15, 0.2) is 24.3 Å². The Labute approximate surface area is 102 Å². The van der Waals surface area contributed by atoms with Crippen LogP contribution in [0.5, 0.6) is 0 Å². The summed E-state index contributed by atoms with van der Waals surface area (Å²) >= 11 is 5.88. The van der Waals surface area contributed by atoms with E-state index >= 15 is 0 Å². The van der Waals surface area contributed by atoms with Gasteiger partial charge in [-0.1, -0.05) is 23.7 Å². The second-order valence-corrected chi connectivity index (χ2v) is 4.92. The van der Waals surface area contributed by atoms with E-state index in [1.165, 1.54) is 18.4 Å². The molecule has 1 aromatic rings. The van der Waals surface area contributed by atoms with Crippen LogP contribution in [-0.4, -0.2) is 19.1 Å². The molecule has 1 saturated heterocycles.